The smallest absolute Gasteiger partial charge is 0.340 e. The van der Waals surface area contributed by atoms with E-state index in [0.717, 1.165) is 18.9 Å². The summed E-state index contributed by atoms with van der Waals surface area (Å²) in [4.78, 5) is 22.8. The molecule has 2 rings (SSSR count). The molecule has 1 aromatic rings. The molecule has 7 heteroatoms. The van der Waals surface area contributed by atoms with Crippen LogP contribution in [-0.2, 0) is 4.74 Å². The maximum atomic E-state index is 13.5. The summed E-state index contributed by atoms with van der Waals surface area (Å²) in [5, 5.41) is 14.0. The lowest BCUT2D eigenvalue weighted by molar-refractivity contribution is -0.00673. The lowest BCUT2D eigenvalue weighted by Gasteiger charge is -2.35. The average Bonchev–Trinajstić information content (AvgIpc) is 2.35. The topological polar surface area (TPSA) is 87.7 Å². The minimum atomic E-state index is -1.43. The Balaban J connectivity index is 1.92. The van der Waals surface area contributed by atoms with Gasteiger partial charge in [-0.15, -0.1) is 0 Å². The highest BCUT2D eigenvalue weighted by Gasteiger charge is 2.30. The monoisotopic (exact) mass is 296 g/mol. The summed E-state index contributed by atoms with van der Waals surface area (Å²) in [5.41, 5.74) is -0.617. The number of benzene rings is 1. The third kappa shape index (κ3) is 3.69. The first-order valence-corrected chi connectivity index (χ1v) is 6.72. The van der Waals surface area contributed by atoms with Crippen molar-refractivity contribution in [1.82, 2.24) is 5.32 Å². The van der Waals surface area contributed by atoms with E-state index in [-0.39, 0.29) is 17.8 Å². The summed E-state index contributed by atoms with van der Waals surface area (Å²) in [5.74, 6) is -2.32. The molecule has 0 bridgehead atoms. The van der Waals surface area contributed by atoms with Gasteiger partial charge in [0, 0.05) is 12.6 Å². The van der Waals surface area contributed by atoms with Crippen LogP contribution >= 0.6 is 0 Å². The molecular formula is C14H17FN2O4. The molecule has 1 aromatic carbocycles. The van der Waals surface area contributed by atoms with Crippen LogP contribution < -0.4 is 10.6 Å². The molecule has 2 amide bonds. The minimum absolute atomic E-state index is 0.0108. The van der Waals surface area contributed by atoms with E-state index in [2.05, 4.69) is 10.6 Å². The zero-order chi connectivity index (χ0) is 15.4. The van der Waals surface area contributed by atoms with Crippen LogP contribution in [-0.4, -0.2) is 35.9 Å². The summed E-state index contributed by atoms with van der Waals surface area (Å²) in [6.45, 7) is 2.54. The second kappa shape index (κ2) is 6.53. The summed E-state index contributed by atoms with van der Waals surface area (Å²) < 4.78 is 18.8. The van der Waals surface area contributed by atoms with Gasteiger partial charge in [0.05, 0.1) is 11.8 Å². The number of hydrogen-bond donors (Lipinski definition) is 3. The number of rotatable bonds is 5. The summed E-state index contributed by atoms with van der Waals surface area (Å²) in [6, 6.07) is 3.15. The first-order valence-electron chi connectivity index (χ1n) is 6.72. The Kier molecular flexibility index (Phi) is 4.74. The predicted octanol–water partition coefficient (Wildman–Crippen LogP) is 2.21. The summed E-state index contributed by atoms with van der Waals surface area (Å²) >= 11 is 0. The molecule has 0 radical (unpaired) electrons. The normalized spacial score (nSPS) is 20.5. The Labute approximate surface area is 121 Å². The van der Waals surface area contributed by atoms with Gasteiger partial charge in [0.1, 0.15) is 11.4 Å². The highest BCUT2D eigenvalue weighted by atomic mass is 19.1. The maximum Gasteiger partial charge on any atom is 0.340 e. The minimum Gasteiger partial charge on any atom is -0.478 e. The summed E-state index contributed by atoms with van der Waals surface area (Å²) in [7, 11) is 0. The van der Waals surface area contributed by atoms with Crippen molar-refractivity contribution in [2.75, 3.05) is 11.9 Å². The molecule has 0 aliphatic heterocycles. The van der Waals surface area contributed by atoms with Crippen LogP contribution in [0.3, 0.4) is 0 Å². The molecule has 0 spiro atoms. The van der Waals surface area contributed by atoms with Crippen LogP contribution in [0, 0.1) is 5.82 Å². The van der Waals surface area contributed by atoms with Crippen molar-refractivity contribution >= 4 is 17.7 Å². The van der Waals surface area contributed by atoms with Crippen LogP contribution in [0.2, 0.25) is 0 Å². The fourth-order valence-electron chi connectivity index (χ4n) is 2.24. The van der Waals surface area contributed by atoms with E-state index in [4.69, 9.17) is 9.84 Å². The van der Waals surface area contributed by atoms with Gasteiger partial charge < -0.3 is 20.5 Å². The van der Waals surface area contributed by atoms with Crippen molar-refractivity contribution in [2.45, 2.75) is 31.9 Å². The average molecular weight is 296 g/mol. The number of hydrogen-bond acceptors (Lipinski definition) is 3. The van der Waals surface area contributed by atoms with E-state index >= 15 is 0 Å². The van der Waals surface area contributed by atoms with Crippen LogP contribution in [0.1, 0.15) is 30.1 Å². The number of halogens is 1. The molecule has 114 valence electrons. The van der Waals surface area contributed by atoms with E-state index in [9.17, 15) is 14.0 Å². The van der Waals surface area contributed by atoms with E-state index in [1.807, 2.05) is 6.92 Å². The van der Waals surface area contributed by atoms with E-state index in [1.54, 1.807) is 0 Å². The zero-order valence-electron chi connectivity index (χ0n) is 11.6. The number of carbonyl (C=O) groups excluding carboxylic acids is 1. The van der Waals surface area contributed by atoms with E-state index in [0.29, 0.717) is 6.61 Å². The SMILES string of the molecule is CCOC1CC(NC(=O)Nc2cccc(F)c2C(=O)O)C1. The van der Waals surface area contributed by atoms with Crippen molar-refractivity contribution in [3.8, 4) is 0 Å². The summed E-state index contributed by atoms with van der Waals surface area (Å²) in [6.07, 6.45) is 1.59. The second-order valence-electron chi connectivity index (χ2n) is 4.81. The fraction of sp³-hybridized carbons (Fsp3) is 0.429. The number of carbonyl (C=O) groups is 2. The largest absolute Gasteiger partial charge is 0.478 e. The van der Waals surface area contributed by atoms with Gasteiger partial charge in [-0.25, -0.2) is 14.0 Å². The molecule has 0 atom stereocenters. The van der Waals surface area contributed by atoms with Crippen molar-refractivity contribution < 1.29 is 23.8 Å². The first-order chi connectivity index (χ1) is 10.0. The zero-order valence-corrected chi connectivity index (χ0v) is 11.6. The molecule has 1 aliphatic rings. The van der Waals surface area contributed by atoms with Gasteiger partial charge in [0.25, 0.3) is 0 Å². The Hall–Kier alpha value is -2.15. The van der Waals surface area contributed by atoms with Crippen molar-refractivity contribution in [2.24, 2.45) is 0 Å². The molecular weight excluding hydrogens is 279 g/mol. The van der Waals surface area contributed by atoms with Crippen LogP contribution in [0.5, 0.6) is 0 Å². The number of urea groups is 1. The Bertz CT molecular complexity index is 544. The van der Waals surface area contributed by atoms with Gasteiger partial charge in [-0.2, -0.15) is 0 Å². The Morgan fingerprint density at radius 2 is 2.14 bits per heavy atom. The lowest BCUT2D eigenvalue weighted by Crippen LogP contribution is -2.49. The standard InChI is InChI=1S/C14H17FN2O4/c1-2-21-9-6-8(7-9)16-14(20)17-11-5-3-4-10(15)12(11)13(18)19/h3-5,8-9H,2,6-7H2,1H3,(H,18,19)(H2,16,17,20). The first kappa shape index (κ1) is 15.2. The van der Waals surface area contributed by atoms with Crippen LogP contribution in [0.4, 0.5) is 14.9 Å². The number of carboxylic acid groups (broad SMARTS) is 1. The molecule has 0 heterocycles. The van der Waals surface area contributed by atoms with Crippen molar-refractivity contribution in [3.63, 3.8) is 0 Å². The number of carboxylic acids is 1. The van der Waals surface area contributed by atoms with Gasteiger partial charge >= 0.3 is 12.0 Å². The fourth-order valence-corrected chi connectivity index (χ4v) is 2.24. The van der Waals surface area contributed by atoms with Gasteiger partial charge in [-0.05, 0) is 31.9 Å². The van der Waals surface area contributed by atoms with Gasteiger partial charge in [0.2, 0.25) is 0 Å². The number of aromatic carboxylic acids is 1. The van der Waals surface area contributed by atoms with E-state index in [1.165, 1.54) is 12.1 Å². The third-order valence-electron chi connectivity index (χ3n) is 3.31. The van der Waals surface area contributed by atoms with Gasteiger partial charge in [-0.3, -0.25) is 0 Å². The Morgan fingerprint density at radius 3 is 2.76 bits per heavy atom. The van der Waals surface area contributed by atoms with E-state index < -0.39 is 23.4 Å². The van der Waals surface area contributed by atoms with Crippen molar-refractivity contribution in [3.05, 3.63) is 29.6 Å². The molecule has 1 fully saturated rings. The molecule has 6 nitrogen and oxygen atoms in total. The second-order valence-corrected chi connectivity index (χ2v) is 4.81. The molecule has 0 unspecified atom stereocenters. The maximum absolute atomic E-state index is 13.5. The Morgan fingerprint density at radius 1 is 1.43 bits per heavy atom. The van der Waals surface area contributed by atoms with Crippen LogP contribution in [0.15, 0.2) is 18.2 Å². The lowest BCUT2D eigenvalue weighted by atomic mass is 9.89. The number of amides is 2. The number of ether oxygens (including phenoxy) is 1. The van der Waals surface area contributed by atoms with Gasteiger partial charge in [-0.1, -0.05) is 6.07 Å². The molecule has 1 saturated carbocycles. The number of nitrogens with one attached hydrogen (secondary N) is 2. The van der Waals surface area contributed by atoms with Crippen LogP contribution in [0.25, 0.3) is 0 Å². The highest BCUT2D eigenvalue weighted by Crippen LogP contribution is 2.24. The quantitative estimate of drug-likeness (QED) is 0.777. The molecule has 0 aromatic heterocycles. The third-order valence-corrected chi connectivity index (χ3v) is 3.31. The highest BCUT2D eigenvalue weighted by molar-refractivity contribution is 6.00. The number of anilines is 1. The van der Waals surface area contributed by atoms with Gasteiger partial charge in [0.15, 0.2) is 0 Å². The molecule has 1 aliphatic carbocycles. The predicted molar refractivity (Wildman–Crippen MR) is 73.9 cm³/mol. The molecule has 3 N–H and O–H groups in total. The molecule has 0 saturated heterocycles. The molecule has 21 heavy (non-hydrogen) atoms. The van der Waals surface area contributed by atoms with Crippen molar-refractivity contribution in [1.29, 1.82) is 0 Å².